The molecule has 0 atom stereocenters. The lowest BCUT2D eigenvalue weighted by Gasteiger charge is -2.20. The van der Waals surface area contributed by atoms with Crippen LogP contribution in [0.3, 0.4) is 0 Å². The van der Waals surface area contributed by atoms with Gasteiger partial charge < -0.3 is 4.74 Å². The molecule has 0 aliphatic rings. The fraction of sp³-hybridized carbons (Fsp3) is 0.130. The minimum absolute atomic E-state index is 0.0695. The van der Waals surface area contributed by atoms with Gasteiger partial charge in [0.2, 0.25) is 0 Å². The van der Waals surface area contributed by atoms with E-state index in [-0.39, 0.29) is 12.5 Å². The van der Waals surface area contributed by atoms with E-state index in [0.29, 0.717) is 28.0 Å². The number of nitrogens with zero attached hydrogens (tertiary/aromatic N) is 2. The number of hydrogen-bond acceptors (Lipinski definition) is 4. The molecule has 29 heavy (non-hydrogen) atoms. The Labute approximate surface area is 178 Å². The number of rotatable bonds is 6. The van der Waals surface area contributed by atoms with Crippen molar-refractivity contribution in [1.82, 2.24) is 4.98 Å². The number of fused-ring (bicyclic) bond motifs is 1. The summed E-state index contributed by atoms with van der Waals surface area (Å²) in [4.78, 5) is 19.4. The first-order valence-electron chi connectivity index (χ1n) is 9.19. The minimum atomic E-state index is -0.162. The fourth-order valence-electron chi connectivity index (χ4n) is 2.98. The number of carbonyl (C=O) groups excluding carboxylic acids is 1. The lowest BCUT2D eigenvalue weighted by Crippen LogP contribution is -2.34. The molecule has 1 heterocycles. The number of carbonyl (C=O) groups is 1. The second-order valence-corrected chi connectivity index (χ2v) is 8.07. The predicted octanol–water partition coefficient (Wildman–Crippen LogP) is 5.87. The van der Waals surface area contributed by atoms with E-state index in [1.807, 2.05) is 73.7 Å². The van der Waals surface area contributed by atoms with Crippen molar-refractivity contribution in [3.63, 3.8) is 0 Å². The highest BCUT2D eigenvalue weighted by Gasteiger charge is 2.21. The van der Waals surface area contributed by atoms with Crippen LogP contribution in [0.25, 0.3) is 10.2 Å². The Morgan fingerprint density at radius 2 is 1.86 bits per heavy atom. The number of anilines is 1. The van der Waals surface area contributed by atoms with E-state index in [0.717, 1.165) is 15.8 Å². The second kappa shape index (κ2) is 8.64. The summed E-state index contributed by atoms with van der Waals surface area (Å²) in [7, 11) is 0. The fourth-order valence-corrected chi connectivity index (χ4v) is 4.26. The number of benzene rings is 3. The van der Waals surface area contributed by atoms with Gasteiger partial charge in [-0.1, -0.05) is 71.5 Å². The van der Waals surface area contributed by atoms with Gasteiger partial charge in [-0.25, -0.2) is 4.98 Å². The summed E-state index contributed by atoms with van der Waals surface area (Å²) in [5.41, 5.74) is 2.80. The second-order valence-electron chi connectivity index (χ2n) is 6.65. The van der Waals surface area contributed by atoms with Gasteiger partial charge in [0, 0.05) is 0 Å². The molecule has 0 spiro atoms. The number of hydrogen-bond donors (Lipinski definition) is 0. The maximum atomic E-state index is 13.1. The van der Waals surface area contributed by atoms with Gasteiger partial charge in [-0.05, 0) is 42.3 Å². The van der Waals surface area contributed by atoms with Crippen molar-refractivity contribution in [2.24, 2.45) is 0 Å². The molecule has 6 heteroatoms. The summed E-state index contributed by atoms with van der Waals surface area (Å²) in [6, 6.07) is 23.1. The molecule has 1 amide bonds. The number of amides is 1. The molecular weight excluding hydrogens is 404 g/mol. The normalized spacial score (nSPS) is 10.8. The van der Waals surface area contributed by atoms with Crippen LogP contribution >= 0.6 is 22.9 Å². The Kier molecular flexibility index (Phi) is 5.79. The SMILES string of the molecule is Cc1cccc(OCC(=O)N(Cc2ccccc2)c2nc3c(Cl)cccc3s2)c1. The van der Waals surface area contributed by atoms with Crippen LogP contribution in [-0.4, -0.2) is 17.5 Å². The zero-order valence-electron chi connectivity index (χ0n) is 15.8. The monoisotopic (exact) mass is 422 g/mol. The third-order valence-corrected chi connectivity index (χ3v) is 5.77. The van der Waals surface area contributed by atoms with Gasteiger partial charge in [-0.15, -0.1) is 0 Å². The van der Waals surface area contributed by atoms with Crippen LogP contribution < -0.4 is 9.64 Å². The molecule has 0 radical (unpaired) electrons. The van der Waals surface area contributed by atoms with E-state index in [9.17, 15) is 4.79 Å². The van der Waals surface area contributed by atoms with Crippen molar-refractivity contribution in [3.05, 3.63) is 88.9 Å². The van der Waals surface area contributed by atoms with Crippen molar-refractivity contribution < 1.29 is 9.53 Å². The Morgan fingerprint density at radius 3 is 2.62 bits per heavy atom. The van der Waals surface area contributed by atoms with Crippen LogP contribution in [-0.2, 0) is 11.3 Å². The van der Waals surface area contributed by atoms with Crippen LogP contribution in [0.4, 0.5) is 5.13 Å². The zero-order chi connectivity index (χ0) is 20.2. The summed E-state index contributed by atoms with van der Waals surface area (Å²) < 4.78 is 6.69. The molecule has 0 N–H and O–H groups in total. The lowest BCUT2D eigenvalue weighted by atomic mass is 10.2. The zero-order valence-corrected chi connectivity index (χ0v) is 17.4. The van der Waals surface area contributed by atoms with Crippen LogP contribution in [0.5, 0.6) is 5.75 Å². The number of thiazole rings is 1. The van der Waals surface area contributed by atoms with Gasteiger partial charge in [0.15, 0.2) is 11.7 Å². The highest BCUT2D eigenvalue weighted by atomic mass is 35.5. The third kappa shape index (κ3) is 4.58. The van der Waals surface area contributed by atoms with Crippen molar-refractivity contribution in [3.8, 4) is 5.75 Å². The van der Waals surface area contributed by atoms with E-state index in [1.165, 1.54) is 11.3 Å². The smallest absolute Gasteiger partial charge is 0.267 e. The van der Waals surface area contributed by atoms with Gasteiger partial charge in [-0.2, -0.15) is 0 Å². The molecule has 0 saturated carbocycles. The highest BCUT2D eigenvalue weighted by Crippen LogP contribution is 2.33. The standard InChI is InChI=1S/C23H19ClN2O2S/c1-16-7-5-10-18(13-16)28-15-21(27)26(14-17-8-3-2-4-9-17)23-25-22-19(24)11-6-12-20(22)29-23/h2-13H,14-15H2,1H3. The summed E-state index contributed by atoms with van der Waals surface area (Å²) >= 11 is 7.73. The van der Waals surface area contributed by atoms with Gasteiger partial charge in [-0.3, -0.25) is 9.69 Å². The first kappa shape index (κ1) is 19.4. The molecule has 0 bridgehead atoms. The average molecular weight is 423 g/mol. The van der Waals surface area contributed by atoms with Gasteiger partial charge in [0.1, 0.15) is 11.3 Å². The first-order valence-corrected chi connectivity index (χ1v) is 10.4. The van der Waals surface area contributed by atoms with Crippen molar-refractivity contribution >= 4 is 44.2 Å². The number of aryl methyl sites for hydroxylation is 1. The molecule has 146 valence electrons. The van der Waals surface area contributed by atoms with Gasteiger partial charge in [0.05, 0.1) is 16.3 Å². The number of para-hydroxylation sites is 1. The lowest BCUT2D eigenvalue weighted by molar-refractivity contribution is -0.120. The molecule has 0 unspecified atom stereocenters. The molecule has 3 aromatic carbocycles. The summed E-state index contributed by atoms with van der Waals surface area (Å²) in [5, 5.41) is 1.18. The van der Waals surface area contributed by atoms with Crippen LogP contribution in [0.2, 0.25) is 5.02 Å². The number of aromatic nitrogens is 1. The van der Waals surface area contributed by atoms with E-state index in [4.69, 9.17) is 16.3 Å². The molecule has 4 aromatic rings. The Hall–Kier alpha value is -2.89. The molecule has 4 nitrogen and oxygen atoms in total. The molecular formula is C23H19ClN2O2S. The Morgan fingerprint density at radius 1 is 1.07 bits per heavy atom. The molecule has 0 saturated heterocycles. The Balaban J connectivity index is 1.62. The summed E-state index contributed by atoms with van der Waals surface area (Å²) in [5.74, 6) is 0.510. The largest absolute Gasteiger partial charge is 0.484 e. The molecule has 0 aliphatic carbocycles. The topological polar surface area (TPSA) is 42.4 Å². The number of halogens is 1. The van der Waals surface area contributed by atoms with Gasteiger partial charge in [0.25, 0.3) is 5.91 Å². The highest BCUT2D eigenvalue weighted by molar-refractivity contribution is 7.22. The molecule has 1 aromatic heterocycles. The van der Waals surface area contributed by atoms with E-state index in [2.05, 4.69) is 4.98 Å². The van der Waals surface area contributed by atoms with Crippen LogP contribution in [0, 0.1) is 6.92 Å². The Bertz CT molecular complexity index is 1140. The summed E-state index contributed by atoms with van der Waals surface area (Å²) in [6.07, 6.45) is 0. The van der Waals surface area contributed by atoms with Gasteiger partial charge >= 0.3 is 0 Å². The van der Waals surface area contributed by atoms with E-state index < -0.39 is 0 Å². The third-order valence-electron chi connectivity index (χ3n) is 4.43. The van der Waals surface area contributed by atoms with Crippen LogP contribution in [0.15, 0.2) is 72.8 Å². The molecule has 4 rings (SSSR count). The minimum Gasteiger partial charge on any atom is -0.484 e. The van der Waals surface area contributed by atoms with Crippen LogP contribution in [0.1, 0.15) is 11.1 Å². The molecule has 0 aliphatic heterocycles. The van der Waals surface area contributed by atoms with Crippen molar-refractivity contribution in [2.45, 2.75) is 13.5 Å². The van der Waals surface area contributed by atoms with Crippen molar-refractivity contribution in [2.75, 3.05) is 11.5 Å². The predicted molar refractivity (Wildman–Crippen MR) is 119 cm³/mol. The quantitative estimate of drug-likeness (QED) is 0.390. The van der Waals surface area contributed by atoms with Crippen molar-refractivity contribution in [1.29, 1.82) is 0 Å². The maximum Gasteiger partial charge on any atom is 0.267 e. The molecule has 0 fully saturated rings. The average Bonchev–Trinajstić information content (AvgIpc) is 3.16. The van der Waals surface area contributed by atoms with E-state index in [1.54, 1.807) is 11.0 Å². The number of ether oxygens (including phenoxy) is 1. The first-order chi connectivity index (χ1) is 14.1. The maximum absolute atomic E-state index is 13.1. The summed E-state index contributed by atoms with van der Waals surface area (Å²) in [6.45, 7) is 2.33. The van der Waals surface area contributed by atoms with E-state index >= 15 is 0 Å².